The van der Waals surface area contributed by atoms with E-state index in [2.05, 4.69) is 9.97 Å². The fourth-order valence-corrected chi connectivity index (χ4v) is 3.98. The summed E-state index contributed by atoms with van der Waals surface area (Å²) in [5, 5.41) is 0.378. The number of thiazole rings is 1. The Hall–Kier alpha value is -3.33. The number of carbonyl (C=O) groups is 1. The fraction of sp³-hybridized carbons (Fsp3) is 0.190. The SMILES string of the molecule is O=C(COc1ccccc1F)N(CCCn1ccnc1)c1nc2c(F)cccc2s1. The van der Waals surface area contributed by atoms with Crippen LogP contribution in [0.1, 0.15) is 6.42 Å². The van der Waals surface area contributed by atoms with E-state index in [1.165, 1.54) is 34.4 Å². The summed E-state index contributed by atoms with van der Waals surface area (Å²) in [5.41, 5.74) is 0.222. The molecule has 0 N–H and O–H groups in total. The zero-order chi connectivity index (χ0) is 20.9. The van der Waals surface area contributed by atoms with Crippen LogP contribution in [-0.2, 0) is 11.3 Å². The van der Waals surface area contributed by atoms with Crippen LogP contribution in [0.2, 0.25) is 0 Å². The molecule has 2 aromatic carbocycles. The number of hydrogen-bond donors (Lipinski definition) is 0. The Morgan fingerprint density at radius 2 is 1.97 bits per heavy atom. The van der Waals surface area contributed by atoms with Crippen LogP contribution in [0.25, 0.3) is 10.2 Å². The number of para-hydroxylation sites is 2. The van der Waals surface area contributed by atoms with Crippen LogP contribution in [0.3, 0.4) is 0 Å². The van der Waals surface area contributed by atoms with E-state index in [0.29, 0.717) is 29.3 Å². The van der Waals surface area contributed by atoms with Gasteiger partial charge in [0.05, 0.1) is 11.0 Å². The predicted molar refractivity (Wildman–Crippen MR) is 111 cm³/mol. The molecule has 1 amide bonds. The summed E-state index contributed by atoms with van der Waals surface area (Å²) >= 11 is 1.23. The fourth-order valence-electron chi connectivity index (χ4n) is 2.96. The highest BCUT2D eigenvalue weighted by molar-refractivity contribution is 7.22. The molecule has 154 valence electrons. The van der Waals surface area contributed by atoms with Gasteiger partial charge in [-0.05, 0) is 30.7 Å². The molecule has 0 fully saturated rings. The highest BCUT2D eigenvalue weighted by Gasteiger charge is 2.21. The average Bonchev–Trinajstić information content (AvgIpc) is 3.41. The summed E-state index contributed by atoms with van der Waals surface area (Å²) in [6.07, 6.45) is 5.84. The monoisotopic (exact) mass is 428 g/mol. The molecule has 0 aliphatic heterocycles. The number of ether oxygens (including phenoxy) is 1. The number of amides is 1. The second kappa shape index (κ2) is 9.00. The van der Waals surface area contributed by atoms with Crippen LogP contribution in [0.5, 0.6) is 5.75 Å². The van der Waals surface area contributed by atoms with Gasteiger partial charge in [0.1, 0.15) is 11.3 Å². The van der Waals surface area contributed by atoms with Gasteiger partial charge in [0.15, 0.2) is 23.3 Å². The van der Waals surface area contributed by atoms with E-state index in [4.69, 9.17) is 4.74 Å². The van der Waals surface area contributed by atoms with E-state index in [1.807, 2.05) is 10.8 Å². The Morgan fingerprint density at radius 1 is 1.13 bits per heavy atom. The van der Waals surface area contributed by atoms with Gasteiger partial charge in [0, 0.05) is 25.5 Å². The number of fused-ring (bicyclic) bond motifs is 1. The van der Waals surface area contributed by atoms with Gasteiger partial charge >= 0.3 is 0 Å². The topological polar surface area (TPSA) is 60.2 Å². The van der Waals surface area contributed by atoms with Gasteiger partial charge in [-0.2, -0.15) is 0 Å². The molecule has 0 saturated heterocycles. The minimum Gasteiger partial charge on any atom is -0.481 e. The van der Waals surface area contributed by atoms with Gasteiger partial charge in [0.25, 0.3) is 5.91 Å². The van der Waals surface area contributed by atoms with E-state index in [-0.39, 0.29) is 23.8 Å². The first kappa shape index (κ1) is 20.0. The lowest BCUT2D eigenvalue weighted by molar-refractivity contribution is -0.120. The molecule has 6 nitrogen and oxygen atoms in total. The number of hydrogen-bond acceptors (Lipinski definition) is 5. The van der Waals surface area contributed by atoms with Crippen molar-refractivity contribution in [1.82, 2.24) is 14.5 Å². The lowest BCUT2D eigenvalue weighted by Gasteiger charge is -2.20. The third-order valence-corrected chi connectivity index (χ3v) is 5.48. The molecule has 4 rings (SSSR count). The molecule has 0 aliphatic carbocycles. The zero-order valence-electron chi connectivity index (χ0n) is 15.9. The maximum Gasteiger partial charge on any atom is 0.266 e. The number of rotatable bonds is 8. The van der Waals surface area contributed by atoms with Gasteiger partial charge in [-0.15, -0.1) is 0 Å². The third-order valence-electron chi connectivity index (χ3n) is 4.44. The molecule has 2 aromatic heterocycles. The number of aromatic nitrogens is 3. The van der Waals surface area contributed by atoms with Crippen LogP contribution in [0.15, 0.2) is 61.2 Å². The largest absolute Gasteiger partial charge is 0.481 e. The van der Waals surface area contributed by atoms with Crippen molar-refractivity contribution in [2.24, 2.45) is 0 Å². The molecule has 0 spiro atoms. The van der Waals surface area contributed by atoms with E-state index in [1.54, 1.807) is 36.8 Å². The minimum atomic E-state index is -0.543. The second-order valence-corrected chi connectivity index (χ2v) is 7.51. The van der Waals surface area contributed by atoms with Crippen molar-refractivity contribution >= 4 is 32.6 Å². The molecule has 0 unspecified atom stereocenters. The third kappa shape index (κ3) is 4.46. The highest BCUT2D eigenvalue weighted by Crippen LogP contribution is 2.30. The van der Waals surface area contributed by atoms with Gasteiger partial charge in [-0.1, -0.05) is 29.5 Å². The zero-order valence-corrected chi connectivity index (χ0v) is 16.7. The van der Waals surface area contributed by atoms with Crippen LogP contribution < -0.4 is 9.64 Å². The molecule has 0 atom stereocenters. The van der Waals surface area contributed by atoms with Crippen molar-refractivity contribution in [3.05, 3.63) is 72.8 Å². The van der Waals surface area contributed by atoms with Gasteiger partial charge in [0.2, 0.25) is 0 Å². The molecule has 0 bridgehead atoms. The Bertz CT molecular complexity index is 1150. The maximum atomic E-state index is 14.1. The summed E-state index contributed by atoms with van der Waals surface area (Å²) in [5.74, 6) is -1.37. The smallest absolute Gasteiger partial charge is 0.266 e. The van der Waals surface area contributed by atoms with Crippen molar-refractivity contribution in [3.63, 3.8) is 0 Å². The minimum absolute atomic E-state index is 0.000408. The summed E-state index contributed by atoms with van der Waals surface area (Å²) < 4.78 is 35.8. The Morgan fingerprint density at radius 3 is 2.73 bits per heavy atom. The Labute approximate surface area is 175 Å². The number of aryl methyl sites for hydroxylation is 1. The number of carbonyl (C=O) groups excluding carboxylic acids is 1. The molecule has 0 radical (unpaired) electrons. The summed E-state index contributed by atoms with van der Waals surface area (Å²) in [4.78, 5) is 22.7. The number of imidazole rings is 1. The number of nitrogens with zero attached hydrogens (tertiary/aromatic N) is 4. The number of halogens is 2. The second-order valence-electron chi connectivity index (χ2n) is 6.50. The van der Waals surface area contributed by atoms with Crippen molar-refractivity contribution in [2.45, 2.75) is 13.0 Å². The first-order valence-corrected chi connectivity index (χ1v) is 10.1. The standard InChI is InChI=1S/C21H18F2N4O2S/c22-15-5-1-2-7-17(15)29-13-19(28)27(11-4-10-26-12-9-24-14-26)21-25-20-16(23)6-3-8-18(20)30-21/h1-3,5-9,12,14H,4,10-11,13H2. The van der Waals surface area contributed by atoms with Crippen molar-refractivity contribution in [1.29, 1.82) is 0 Å². The summed E-state index contributed by atoms with van der Waals surface area (Å²) in [7, 11) is 0. The summed E-state index contributed by atoms with van der Waals surface area (Å²) in [6, 6.07) is 10.6. The first-order valence-electron chi connectivity index (χ1n) is 9.30. The first-order chi connectivity index (χ1) is 14.6. The maximum absolute atomic E-state index is 14.1. The summed E-state index contributed by atoms with van der Waals surface area (Å²) in [6.45, 7) is 0.640. The van der Waals surface area contributed by atoms with E-state index in [9.17, 15) is 13.6 Å². The molecule has 2 heterocycles. The van der Waals surface area contributed by atoms with Crippen LogP contribution in [0.4, 0.5) is 13.9 Å². The van der Waals surface area contributed by atoms with E-state index in [0.717, 1.165) is 0 Å². The molecule has 9 heteroatoms. The highest BCUT2D eigenvalue weighted by atomic mass is 32.1. The molecular weight excluding hydrogens is 410 g/mol. The lowest BCUT2D eigenvalue weighted by atomic mass is 10.3. The Kier molecular flexibility index (Phi) is 5.99. The van der Waals surface area contributed by atoms with Gasteiger partial charge in [-0.25, -0.2) is 18.7 Å². The van der Waals surface area contributed by atoms with Gasteiger partial charge < -0.3 is 9.30 Å². The molecule has 0 saturated carbocycles. The predicted octanol–water partition coefficient (Wildman–Crippen LogP) is 4.27. The van der Waals surface area contributed by atoms with Crippen molar-refractivity contribution in [2.75, 3.05) is 18.1 Å². The average molecular weight is 428 g/mol. The molecule has 30 heavy (non-hydrogen) atoms. The van der Waals surface area contributed by atoms with Crippen LogP contribution in [-0.4, -0.2) is 33.6 Å². The van der Waals surface area contributed by atoms with Crippen molar-refractivity contribution in [3.8, 4) is 5.75 Å². The molecular formula is C21H18F2N4O2S. The van der Waals surface area contributed by atoms with Crippen molar-refractivity contribution < 1.29 is 18.3 Å². The lowest BCUT2D eigenvalue weighted by Crippen LogP contribution is -2.36. The Balaban J connectivity index is 1.53. The normalized spacial score (nSPS) is 11.0. The number of benzene rings is 2. The molecule has 4 aromatic rings. The van der Waals surface area contributed by atoms with E-state index >= 15 is 0 Å². The number of anilines is 1. The quantitative estimate of drug-likeness (QED) is 0.421. The van der Waals surface area contributed by atoms with Crippen LogP contribution in [0, 0.1) is 11.6 Å². The van der Waals surface area contributed by atoms with E-state index < -0.39 is 11.6 Å². The molecule has 0 aliphatic rings. The van der Waals surface area contributed by atoms with Gasteiger partial charge in [-0.3, -0.25) is 9.69 Å². The van der Waals surface area contributed by atoms with Crippen LogP contribution >= 0.6 is 11.3 Å².